The summed E-state index contributed by atoms with van der Waals surface area (Å²) in [5.41, 5.74) is 0. The number of likely N-dealkylation sites (N-methyl/N-ethyl adjacent to an activating group) is 1. The summed E-state index contributed by atoms with van der Waals surface area (Å²) in [5, 5.41) is 0. The molecule has 0 aliphatic carbocycles. The largest absolute Gasteiger partial charge is 0.380 e. The van der Waals surface area contributed by atoms with Crippen molar-refractivity contribution in [1.82, 2.24) is 14.7 Å². The van der Waals surface area contributed by atoms with Crippen molar-refractivity contribution in [3.8, 4) is 0 Å². The van der Waals surface area contributed by atoms with Gasteiger partial charge in [-0.2, -0.15) is 0 Å². The van der Waals surface area contributed by atoms with E-state index in [0.717, 1.165) is 39.1 Å². The van der Waals surface area contributed by atoms with E-state index in [4.69, 9.17) is 4.74 Å². The number of carbonyl (C=O) groups excluding carboxylic acids is 1. The summed E-state index contributed by atoms with van der Waals surface area (Å²) >= 11 is 0. The summed E-state index contributed by atoms with van der Waals surface area (Å²) in [6.45, 7) is 9.12. The predicted octanol–water partition coefficient (Wildman–Crippen LogP) is 1.10. The number of hydrogen-bond acceptors (Lipinski definition) is 3. The van der Waals surface area contributed by atoms with E-state index in [1.54, 1.807) is 7.11 Å². The standard InChI is InChI=1S/C14H27N3O2/c1-11(2)13-10-17(14(18)15(13)3)8-7-16-6-5-12(9-16)19-4/h11-13H,5-10H2,1-4H3. The average Bonchev–Trinajstić information content (AvgIpc) is 2.94. The lowest BCUT2D eigenvalue weighted by Gasteiger charge is -2.20. The molecule has 2 saturated heterocycles. The number of amides is 2. The van der Waals surface area contributed by atoms with Crippen LogP contribution in [0.3, 0.4) is 0 Å². The van der Waals surface area contributed by atoms with Gasteiger partial charge in [0.25, 0.3) is 0 Å². The summed E-state index contributed by atoms with van der Waals surface area (Å²) in [6.07, 6.45) is 1.49. The minimum Gasteiger partial charge on any atom is -0.380 e. The van der Waals surface area contributed by atoms with Gasteiger partial charge in [-0.25, -0.2) is 4.79 Å². The highest BCUT2D eigenvalue weighted by Gasteiger charge is 2.36. The van der Waals surface area contributed by atoms with Gasteiger partial charge < -0.3 is 14.5 Å². The highest BCUT2D eigenvalue weighted by atomic mass is 16.5. The van der Waals surface area contributed by atoms with Crippen LogP contribution in [0.4, 0.5) is 4.79 Å². The minimum absolute atomic E-state index is 0.182. The van der Waals surface area contributed by atoms with Crippen molar-refractivity contribution in [2.45, 2.75) is 32.4 Å². The van der Waals surface area contributed by atoms with Crippen LogP contribution in [-0.2, 0) is 4.74 Å². The molecule has 0 radical (unpaired) electrons. The van der Waals surface area contributed by atoms with E-state index in [1.807, 2.05) is 16.8 Å². The Kier molecular flexibility index (Phi) is 4.68. The van der Waals surface area contributed by atoms with Crippen LogP contribution in [0.25, 0.3) is 0 Å². The second-order valence-corrected chi connectivity index (χ2v) is 6.10. The molecule has 2 atom stereocenters. The molecule has 0 aromatic carbocycles. The Morgan fingerprint density at radius 1 is 1.32 bits per heavy atom. The normalized spacial score (nSPS) is 29.0. The van der Waals surface area contributed by atoms with Crippen molar-refractivity contribution >= 4 is 6.03 Å². The maximum Gasteiger partial charge on any atom is 0.320 e. The molecule has 2 amide bonds. The van der Waals surface area contributed by atoms with Gasteiger partial charge in [-0.05, 0) is 12.3 Å². The number of methoxy groups -OCH3 is 1. The molecular formula is C14H27N3O2. The van der Waals surface area contributed by atoms with E-state index in [-0.39, 0.29) is 6.03 Å². The molecule has 2 rings (SSSR count). The molecule has 2 heterocycles. The van der Waals surface area contributed by atoms with Gasteiger partial charge in [0.1, 0.15) is 0 Å². The van der Waals surface area contributed by atoms with Gasteiger partial charge in [-0.3, -0.25) is 4.90 Å². The molecule has 2 fully saturated rings. The van der Waals surface area contributed by atoms with E-state index in [0.29, 0.717) is 18.1 Å². The predicted molar refractivity (Wildman–Crippen MR) is 75.2 cm³/mol. The van der Waals surface area contributed by atoms with Crippen molar-refractivity contribution in [2.24, 2.45) is 5.92 Å². The molecule has 19 heavy (non-hydrogen) atoms. The Morgan fingerprint density at radius 2 is 2.05 bits per heavy atom. The second kappa shape index (κ2) is 6.09. The summed E-state index contributed by atoms with van der Waals surface area (Å²) in [6, 6.07) is 0.541. The highest BCUT2D eigenvalue weighted by molar-refractivity contribution is 5.76. The summed E-state index contributed by atoms with van der Waals surface area (Å²) in [4.78, 5) is 18.4. The van der Waals surface area contributed by atoms with Gasteiger partial charge in [0.2, 0.25) is 0 Å². The van der Waals surface area contributed by atoms with Gasteiger partial charge in [-0.15, -0.1) is 0 Å². The molecule has 2 aliphatic rings. The van der Waals surface area contributed by atoms with Crippen molar-refractivity contribution in [1.29, 1.82) is 0 Å². The molecule has 0 aromatic heterocycles. The Morgan fingerprint density at radius 3 is 2.58 bits per heavy atom. The van der Waals surface area contributed by atoms with Crippen molar-refractivity contribution in [3.63, 3.8) is 0 Å². The number of carbonyl (C=O) groups is 1. The molecule has 2 aliphatic heterocycles. The van der Waals surface area contributed by atoms with Crippen LogP contribution in [0.15, 0.2) is 0 Å². The maximum absolute atomic E-state index is 12.2. The first-order chi connectivity index (χ1) is 9.02. The van der Waals surface area contributed by atoms with E-state index >= 15 is 0 Å². The Hall–Kier alpha value is -0.810. The van der Waals surface area contributed by atoms with Gasteiger partial charge in [0.15, 0.2) is 0 Å². The maximum atomic E-state index is 12.2. The number of ether oxygens (including phenoxy) is 1. The molecule has 0 saturated carbocycles. The summed E-state index contributed by atoms with van der Waals surface area (Å²) < 4.78 is 5.37. The smallest absolute Gasteiger partial charge is 0.320 e. The molecular weight excluding hydrogens is 242 g/mol. The van der Waals surface area contributed by atoms with Gasteiger partial charge >= 0.3 is 6.03 Å². The second-order valence-electron chi connectivity index (χ2n) is 6.10. The van der Waals surface area contributed by atoms with E-state index in [9.17, 15) is 4.79 Å². The van der Waals surface area contributed by atoms with Crippen molar-refractivity contribution < 1.29 is 9.53 Å². The van der Waals surface area contributed by atoms with E-state index in [2.05, 4.69) is 18.7 Å². The number of urea groups is 1. The SMILES string of the molecule is COC1CCN(CCN2CC(C(C)C)N(C)C2=O)C1. The molecule has 5 nitrogen and oxygen atoms in total. The first kappa shape index (κ1) is 14.6. The molecule has 0 spiro atoms. The van der Waals surface area contributed by atoms with Crippen LogP contribution in [-0.4, -0.2) is 79.8 Å². The number of hydrogen-bond donors (Lipinski definition) is 0. The van der Waals surface area contributed by atoms with Crippen molar-refractivity contribution in [3.05, 3.63) is 0 Å². The van der Waals surface area contributed by atoms with Crippen LogP contribution >= 0.6 is 0 Å². The fraction of sp³-hybridized carbons (Fsp3) is 0.929. The third-order valence-corrected chi connectivity index (χ3v) is 4.50. The first-order valence-electron chi connectivity index (χ1n) is 7.29. The molecule has 2 unspecified atom stereocenters. The number of likely N-dealkylation sites (tertiary alicyclic amines) is 1. The Balaban J connectivity index is 1.79. The third kappa shape index (κ3) is 3.20. The third-order valence-electron chi connectivity index (χ3n) is 4.50. The van der Waals surface area contributed by atoms with Crippen LogP contribution in [0.1, 0.15) is 20.3 Å². The minimum atomic E-state index is 0.182. The zero-order valence-corrected chi connectivity index (χ0v) is 12.6. The number of rotatable bonds is 5. The Bertz CT molecular complexity index is 322. The molecule has 0 N–H and O–H groups in total. The molecule has 5 heteroatoms. The van der Waals surface area contributed by atoms with E-state index in [1.165, 1.54) is 0 Å². The topological polar surface area (TPSA) is 36.0 Å². The van der Waals surface area contributed by atoms with Gasteiger partial charge in [-0.1, -0.05) is 13.8 Å². The quantitative estimate of drug-likeness (QED) is 0.750. The lowest BCUT2D eigenvalue weighted by Crippen LogP contribution is -2.37. The molecule has 110 valence electrons. The van der Waals surface area contributed by atoms with Gasteiger partial charge in [0.05, 0.1) is 12.1 Å². The van der Waals surface area contributed by atoms with Crippen LogP contribution in [0.2, 0.25) is 0 Å². The zero-order chi connectivity index (χ0) is 14.0. The van der Waals surface area contributed by atoms with E-state index < -0.39 is 0 Å². The average molecular weight is 269 g/mol. The summed E-state index contributed by atoms with van der Waals surface area (Å²) in [5.74, 6) is 0.517. The lowest BCUT2D eigenvalue weighted by atomic mass is 10.0. The van der Waals surface area contributed by atoms with Crippen LogP contribution in [0.5, 0.6) is 0 Å². The van der Waals surface area contributed by atoms with Crippen molar-refractivity contribution in [2.75, 3.05) is 46.9 Å². The lowest BCUT2D eigenvalue weighted by molar-refractivity contribution is 0.107. The summed E-state index contributed by atoms with van der Waals surface area (Å²) in [7, 11) is 3.70. The van der Waals surface area contributed by atoms with Gasteiger partial charge in [0, 0.05) is 46.9 Å². The van der Waals surface area contributed by atoms with Crippen LogP contribution < -0.4 is 0 Å². The molecule has 0 aromatic rings. The number of nitrogens with zero attached hydrogens (tertiary/aromatic N) is 3. The molecule has 0 bridgehead atoms. The fourth-order valence-corrected chi connectivity index (χ4v) is 3.09. The Labute approximate surface area is 116 Å². The van der Waals surface area contributed by atoms with Crippen LogP contribution in [0, 0.1) is 5.92 Å². The fourth-order valence-electron chi connectivity index (χ4n) is 3.09. The monoisotopic (exact) mass is 269 g/mol. The highest BCUT2D eigenvalue weighted by Crippen LogP contribution is 2.20. The zero-order valence-electron chi connectivity index (χ0n) is 12.6. The first-order valence-corrected chi connectivity index (χ1v) is 7.29.